The number of nitriles is 1. The van der Waals surface area contributed by atoms with Crippen molar-refractivity contribution in [1.29, 1.82) is 5.26 Å². The first kappa shape index (κ1) is 27.7. The summed E-state index contributed by atoms with van der Waals surface area (Å²) in [6, 6.07) is 17.7. The van der Waals surface area contributed by atoms with E-state index in [9.17, 15) is 15.5 Å². The molecule has 0 bridgehead atoms. The molecule has 0 spiro atoms. The largest absolute Gasteiger partial charge is 0.435 e. The Kier molecular flexibility index (Phi) is 7.06. The van der Waals surface area contributed by atoms with E-state index in [2.05, 4.69) is 54.7 Å². The summed E-state index contributed by atoms with van der Waals surface area (Å²) in [5.41, 5.74) is 9.55. The lowest BCUT2D eigenvalue weighted by atomic mass is 9.93. The van der Waals surface area contributed by atoms with Gasteiger partial charge in [0.15, 0.2) is 17.0 Å². The van der Waals surface area contributed by atoms with Gasteiger partial charge in [-0.25, -0.2) is 15.0 Å². The number of likely N-dealkylation sites (tertiary alicyclic amines) is 1. The second kappa shape index (κ2) is 11.2. The lowest BCUT2D eigenvalue weighted by Crippen LogP contribution is -2.22. The van der Waals surface area contributed by atoms with Crippen LogP contribution in [0.25, 0.3) is 39.3 Å². The molecular formula is C34H31N7O3. The summed E-state index contributed by atoms with van der Waals surface area (Å²) in [6.45, 7) is 6.20. The Hall–Kier alpha value is -5.08. The number of imidazole rings is 1. The topological polar surface area (TPSA) is 136 Å². The molecule has 1 aliphatic heterocycles. The van der Waals surface area contributed by atoms with E-state index in [1.807, 2.05) is 43.6 Å². The van der Waals surface area contributed by atoms with Gasteiger partial charge in [-0.15, -0.1) is 0 Å². The van der Waals surface area contributed by atoms with E-state index < -0.39 is 0 Å². The van der Waals surface area contributed by atoms with Crippen LogP contribution >= 0.6 is 0 Å². The van der Waals surface area contributed by atoms with Crippen LogP contribution in [0.5, 0.6) is 0 Å². The van der Waals surface area contributed by atoms with Crippen LogP contribution in [0.4, 0.5) is 11.5 Å². The first-order chi connectivity index (χ1) is 21.4. The summed E-state index contributed by atoms with van der Waals surface area (Å²) >= 11 is 0. The van der Waals surface area contributed by atoms with Gasteiger partial charge >= 0.3 is 0 Å². The fourth-order valence-electron chi connectivity index (χ4n) is 6.09. The van der Waals surface area contributed by atoms with Crippen molar-refractivity contribution in [2.45, 2.75) is 39.5 Å². The van der Waals surface area contributed by atoms with Crippen LogP contribution in [-0.4, -0.2) is 53.7 Å². The molecule has 0 unspecified atom stereocenters. The van der Waals surface area contributed by atoms with Crippen LogP contribution in [0.15, 0.2) is 71.5 Å². The molecule has 4 heterocycles. The van der Waals surface area contributed by atoms with Gasteiger partial charge in [0, 0.05) is 43.3 Å². The maximum atomic E-state index is 9.93. The third kappa shape index (κ3) is 4.87. The van der Waals surface area contributed by atoms with Crippen molar-refractivity contribution >= 4 is 28.3 Å². The molecule has 7 rings (SSSR count). The molecule has 10 heteroatoms. The summed E-state index contributed by atoms with van der Waals surface area (Å²) < 4.78 is 8.16. The van der Waals surface area contributed by atoms with Gasteiger partial charge in [-0.3, -0.25) is 9.30 Å². The van der Waals surface area contributed by atoms with Gasteiger partial charge in [-0.1, -0.05) is 24.3 Å². The molecule has 6 aromatic rings. The summed E-state index contributed by atoms with van der Waals surface area (Å²) in [6.07, 6.45) is 6.10. The first-order valence-electron chi connectivity index (χ1n) is 14.6. The maximum absolute atomic E-state index is 9.93. The lowest BCUT2D eigenvalue weighted by molar-refractivity contribution is 0.174. The number of aliphatic hydroxyl groups excluding tert-OH is 2. The highest BCUT2D eigenvalue weighted by Crippen LogP contribution is 2.37. The van der Waals surface area contributed by atoms with Crippen molar-refractivity contribution in [3.63, 3.8) is 0 Å². The second-order valence-electron chi connectivity index (χ2n) is 11.3. The van der Waals surface area contributed by atoms with Crippen molar-refractivity contribution < 1.29 is 14.6 Å². The van der Waals surface area contributed by atoms with E-state index in [1.165, 1.54) is 0 Å². The predicted octanol–water partition coefficient (Wildman–Crippen LogP) is 5.50. The van der Waals surface area contributed by atoms with Crippen LogP contribution in [0.2, 0.25) is 0 Å². The number of oxazole rings is 1. The molecule has 10 nitrogen and oxygen atoms in total. The molecular weight excluding hydrogens is 554 g/mol. The Balaban J connectivity index is 1.22. The van der Waals surface area contributed by atoms with E-state index in [0.717, 1.165) is 57.8 Å². The number of nitrogens with one attached hydrogen (secondary N) is 1. The minimum absolute atomic E-state index is 0.180. The van der Waals surface area contributed by atoms with Crippen LogP contribution in [0.1, 0.15) is 34.4 Å². The Labute approximate surface area is 253 Å². The number of nitrogens with zero attached hydrogens (tertiary/aromatic N) is 6. The monoisotopic (exact) mass is 585 g/mol. The molecule has 3 aromatic carbocycles. The van der Waals surface area contributed by atoms with Crippen LogP contribution in [-0.2, 0) is 13.2 Å². The highest BCUT2D eigenvalue weighted by molar-refractivity contribution is 5.86. The van der Waals surface area contributed by atoms with Crippen LogP contribution in [0, 0.1) is 25.2 Å². The minimum Gasteiger partial charge on any atom is -0.435 e. The Bertz CT molecular complexity index is 2070. The van der Waals surface area contributed by atoms with Gasteiger partial charge < -0.3 is 19.9 Å². The van der Waals surface area contributed by atoms with Crippen molar-refractivity contribution in [2.24, 2.45) is 0 Å². The van der Waals surface area contributed by atoms with E-state index in [-0.39, 0.29) is 12.7 Å². The third-order valence-corrected chi connectivity index (χ3v) is 8.43. The van der Waals surface area contributed by atoms with Crippen molar-refractivity contribution in [1.82, 2.24) is 24.3 Å². The predicted molar refractivity (Wildman–Crippen MR) is 167 cm³/mol. The maximum Gasteiger partial charge on any atom is 0.227 e. The molecule has 220 valence electrons. The normalized spacial score (nSPS) is 15.3. The van der Waals surface area contributed by atoms with Gasteiger partial charge in [0.2, 0.25) is 5.89 Å². The number of rotatable bonds is 7. The van der Waals surface area contributed by atoms with Gasteiger partial charge in [-0.05, 0) is 72.4 Å². The quantitative estimate of drug-likeness (QED) is 0.222. The zero-order chi connectivity index (χ0) is 30.4. The number of hydrogen-bond donors (Lipinski definition) is 3. The van der Waals surface area contributed by atoms with Crippen LogP contribution < -0.4 is 5.32 Å². The minimum atomic E-state index is -0.265. The van der Waals surface area contributed by atoms with E-state index in [4.69, 9.17) is 4.42 Å². The second-order valence-corrected chi connectivity index (χ2v) is 11.3. The van der Waals surface area contributed by atoms with Gasteiger partial charge in [0.05, 0.1) is 30.2 Å². The Morgan fingerprint density at radius 1 is 1.07 bits per heavy atom. The highest BCUT2D eigenvalue weighted by Gasteiger charge is 2.22. The molecule has 1 aliphatic rings. The molecule has 1 fully saturated rings. The standard InChI is InChI=1S/C34H31N7O3/c1-20-26(5-3-7-28(20)34-39-30-14-22(19-42)13-23(15-35)31(30)44-34)27-6-4-8-29(21(27)2)38-32-33-37-16-24(41(33)12-10-36-32)17-40-11-9-25(43)18-40/h3-8,10,12-14,16,25,42-43H,9,11,17-19H2,1-2H3,(H,36,38)/t25-/m0/s1. The number of fused-ring (bicyclic) bond motifs is 2. The average molecular weight is 586 g/mol. The number of aromatic nitrogens is 4. The molecule has 3 N–H and O–H groups in total. The fourth-order valence-corrected chi connectivity index (χ4v) is 6.09. The van der Waals surface area contributed by atoms with Crippen molar-refractivity contribution in [3.8, 4) is 28.7 Å². The average Bonchev–Trinajstić information content (AvgIpc) is 3.77. The molecule has 44 heavy (non-hydrogen) atoms. The third-order valence-electron chi connectivity index (χ3n) is 8.43. The smallest absolute Gasteiger partial charge is 0.227 e. The molecule has 3 aromatic heterocycles. The zero-order valence-corrected chi connectivity index (χ0v) is 24.4. The molecule has 0 amide bonds. The van der Waals surface area contributed by atoms with Crippen molar-refractivity contribution in [3.05, 3.63) is 95.1 Å². The van der Waals surface area contributed by atoms with E-state index in [0.29, 0.717) is 47.0 Å². The van der Waals surface area contributed by atoms with Gasteiger partial charge in [-0.2, -0.15) is 5.26 Å². The lowest BCUT2D eigenvalue weighted by Gasteiger charge is -2.16. The van der Waals surface area contributed by atoms with Gasteiger partial charge in [0.25, 0.3) is 0 Å². The number of aliphatic hydroxyl groups is 2. The fraction of sp³-hybridized carbons (Fsp3) is 0.235. The summed E-state index contributed by atoms with van der Waals surface area (Å²) in [5.74, 6) is 1.08. The Morgan fingerprint density at radius 2 is 1.86 bits per heavy atom. The summed E-state index contributed by atoms with van der Waals surface area (Å²) in [4.78, 5) is 16.2. The number of hydrogen-bond acceptors (Lipinski definition) is 9. The van der Waals surface area contributed by atoms with E-state index >= 15 is 0 Å². The van der Waals surface area contributed by atoms with Gasteiger partial charge in [0.1, 0.15) is 11.6 Å². The number of benzene rings is 3. The number of anilines is 2. The summed E-state index contributed by atoms with van der Waals surface area (Å²) in [5, 5.41) is 32.7. The summed E-state index contributed by atoms with van der Waals surface area (Å²) in [7, 11) is 0. The number of β-amino-alcohol motifs (C(OH)–C–C–N with tert-alkyl or cyclic N) is 1. The van der Waals surface area contributed by atoms with Crippen LogP contribution in [0.3, 0.4) is 0 Å². The Morgan fingerprint density at radius 3 is 2.64 bits per heavy atom. The molecule has 0 saturated carbocycles. The molecule has 1 saturated heterocycles. The molecule has 0 radical (unpaired) electrons. The van der Waals surface area contributed by atoms with Crippen molar-refractivity contribution in [2.75, 3.05) is 18.4 Å². The SMILES string of the molecule is Cc1c(Nc2nccn3c(CN4CC[C@H](O)C4)cnc23)cccc1-c1cccc(-c2nc3cc(CO)cc(C#N)c3o2)c1C. The first-order valence-corrected chi connectivity index (χ1v) is 14.6. The highest BCUT2D eigenvalue weighted by atomic mass is 16.3. The molecule has 1 atom stereocenters. The molecule has 0 aliphatic carbocycles. The zero-order valence-electron chi connectivity index (χ0n) is 24.4. The van der Waals surface area contributed by atoms with E-state index in [1.54, 1.807) is 18.3 Å².